The highest BCUT2D eigenvalue weighted by Gasteiger charge is 2.12. The molecule has 6 nitrogen and oxygen atoms in total. The Bertz CT molecular complexity index is 688. The minimum Gasteiger partial charge on any atom is -0.352 e. The Morgan fingerprint density at radius 2 is 1.96 bits per heavy atom. The Labute approximate surface area is 156 Å². The highest BCUT2D eigenvalue weighted by Crippen LogP contribution is 2.17. The summed E-state index contributed by atoms with van der Waals surface area (Å²) in [6.45, 7) is 3.09. The molecule has 0 spiro atoms. The summed E-state index contributed by atoms with van der Waals surface area (Å²) >= 11 is 1.69. The molecule has 0 fully saturated rings. The van der Waals surface area contributed by atoms with Crippen molar-refractivity contribution in [3.8, 4) is 0 Å². The van der Waals surface area contributed by atoms with Crippen LogP contribution in [0.25, 0.3) is 0 Å². The number of rotatable bonds is 5. The normalized spacial score (nSPS) is 10.8. The monoisotopic (exact) mass is 446 g/mol. The van der Waals surface area contributed by atoms with E-state index in [1.807, 2.05) is 0 Å². The first-order valence-electron chi connectivity index (χ1n) is 6.81. The molecule has 0 saturated heterocycles. The summed E-state index contributed by atoms with van der Waals surface area (Å²) in [5.41, 5.74) is 1.98. The van der Waals surface area contributed by atoms with Crippen molar-refractivity contribution in [3.63, 3.8) is 0 Å². The maximum Gasteiger partial charge on any atom is 0.274 e. The molecule has 0 aliphatic heterocycles. The van der Waals surface area contributed by atoms with Crippen LogP contribution >= 0.6 is 35.3 Å². The number of nitrogens with one attached hydrogen (secondary N) is 2. The molecule has 2 N–H and O–H groups in total. The topological polar surface area (TPSA) is 79.6 Å². The molecule has 2 aromatic rings. The van der Waals surface area contributed by atoms with E-state index in [4.69, 9.17) is 0 Å². The van der Waals surface area contributed by atoms with E-state index in [2.05, 4.69) is 34.0 Å². The number of thiophene rings is 1. The predicted octanol–water partition coefficient (Wildman–Crippen LogP) is 3.45. The van der Waals surface area contributed by atoms with E-state index in [1.54, 1.807) is 36.6 Å². The van der Waals surface area contributed by atoms with Crippen LogP contribution in [0.2, 0.25) is 0 Å². The molecule has 1 aromatic heterocycles. The van der Waals surface area contributed by atoms with E-state index in [-0.39, 0.29) is 34.6 Å². The highest BCUT2D eigenvalue weighted by atomic mass is 127. The van der Waals surface area contributed by atoms with Gasteiger partial charge in [0.1, 0.15) is 0 Å². The Morgan fingerprint density at radius 1 is 1.26 bits per heavy atom. The van der Waals surface area contributed by atoms with Crippen molar-refractivity contribution >= 4 is 47.0 Å². The number of nitro groups is 1. The second-order valence-electron chi connectivity index (χ2n) is 4.69. The zero-order chi connectivity index (χ0) is 15.9. The molecule has 0 saturated carbocycles. The van der Waals surface area contributed by atoms with E-state index in [0.29, 0.717) is 24.6 Å². The third kappa shape index (κ3) is 5.47. The Kier molecular flexibility index (Phi) is 7.96. The first-order chi connectivity index (χ1) is 10.6. The molecule has 1 heterocycles. The van der Waals surface area contributed by atoms with Gasteiger partial charge < -0.3 is 10.6 Å². The minimum absolute atomic E-state index is 0. The van der Waals surface area contributed by atoms with Gasteiger partial charge in [-0.2, -0.15) is 0 Å². The van der Waals surface area contributed by atoms with E-state index in [9.17, 15) is 10.1 Å². The van der Waals surface area contributed by atoms with Crippen molar-refractivity contribution in [2.45, 2.75) is 20.0 Å². The van der Waals surface area contributed by atoms with E-state index in [0.717, 1.165) is 0 Å². The average Bonchev–Trinajstić information content (AvgIpc) is 2.93. The zero-order valence-electron chi connectivity index (χ0n) is 12.9. The maximum atomic E-state index is 11.0. The van der Waals surface area contributed by atoms with Crippen LogP contribution in [-0.4, -0.2) is 17.9 Å². The first-order valence-corrected chi connectivity index (χ1v) is 7.69. The van der Waals surface area contributed by atoms with Crippen LogP contribution in [0.5, 0.6) is 0 Å². The SMILES string of the molecule is CN=C(NCc1ccccc1[N+](=O)[O-])NCc1sccc1C.I. The minimum atomic E-state index is -0.373. The van der Waals surface area contributed by atoms with Crippen molar-refractivity contribution in [2.75, 3.05) is 7.05 Å². The fourth-order valence-corrected chi connectivity index (χ4v) is 2.83. The molecule has 0 aliphatic rings. The van der Waals surface area contributed by atoms with Gasteiger partial charge in [-0.15, -0.1) is 35.3 Å². The largest absolute Gasteiger partial charge is 0.352 e. The van der Waals surface area contributed by atoms with Gasteiger partial charge in [0.05, 0.1) is 11.5 Å². The second kappa shape index (κ2) is 9.46. The van der Waals surface area contributed by atoms with Crippen LogP contribution < -0.4 is 10.6 Å². The van der Waals surface area contributed by atoms with Gasteiger partial charge in [0.25, 0.3) is 5.69 Å². The van der Waals surface area contributed by atoms with Crippen molar-refractivity contribution in [2.24, 2.45) is 4.99 Å². The van der Waals surface area contributed by atoms with Gasteiger partial charge >= 0.3 is 0 Å². The number of nitro benzene ring substituents is 1. The van der Waals surface area contributed by atoms with Crippen LogP contribution in [0, 0.1) is 17.0 Å². The fourth-order valence-electron chi connectivity index (χ4n) is 1.99. The average molecular weight is 446 g/mol. The molecule has 2 rings (SSSR count). The Hall–Kier alpha value is -1.68. The van der Waals surface area contributed by atoms with Crippen LogP contribution in [0.15, 0.2) is 40.7 Å². The molecule has 0 unspecified atom stereocenters. The first kappa shape index (κ1) is 19.4. The third-order valence-electron chi connectivity index (χ3n) is 3.24. The standard InChI is InChI=1S/C15H18N4O2S.HI/c1-11-7-8-22-14(11)10-18-15(16-2)17-9-12-5-3-4-6-13(12)19(20)21;/h3-8H,9-10H2,1-2H3,(H2,16,17,18);1H. The molecule has 23 heavy (non-hydrogen) atoms. The summed E-state index contributed by atoms with van der Waals surface area (Å²) < 4.78 is 0. The maximum absolute atomic E-state index is 11.0. The number of guanidine groups is 1. The van der Waals surface area contributed by atoms with Gasteiger partial charge in [-0.05, 0) is 23.9 Å². The van der Waals surface area contributed by atoms with Gasteiger partial charge in [-0.1, -0.05) is 18.2 Å². The zero-order valence-corrected chi connectivity index (χ0v) is 16.1. The summed E-state index contributed by atoms with van der Waals surface area (Å²) in [7, 11) is 1.68. The molecule has 124 valence electrons. The number of para-hydroxylation sites is 1. The summed E-state index contributed by atoms with van der Waals surface area (Å²) in [6, 6.07) is 8.76. The van der Waals surface area contributed by atoms with Crippen LogP contribution in [0.4, 0.5) is 5.69 Å². The van der Waals surface area contributed by atoms with Crippen molar-refractivity contribution in [1.29, 1.82) is 0 Å². The lowest BCUT2D eigenvalue weighted by atomic mass is 10.2. The van der Waals surface area contributed by atoms with Gasteiger partial charge in [-0.25, -0.2) is 0 Å². The van der Waals surface area contributed by atoms with Crippen molar-refractivity contribution < 1.29 is 4.92 Å². The molecule has 8 heteroatoms. The number of aliphatic imine (C=N–C) groups is 1. The molecular weight excluding hydrogens is 427 g/mol. The molecule has 0 radical (unpaired) electrons. The Morgan fingerprint density at radius 3 is 2.57 bits per heavy atom. The number of hydrogen-bond donors (Lipinski definition) is 2. The lowest BCUT2D eigenvalue weighted by Gasteiger charge is -2.12. The van der Waals surface area contributed by atoms with Gasteiger partial charge in [0.2, 0.25) is 0 Å². The molecule has 0 amide bonds. The predicted molar refractivity (Wildman–Crippen MR) is 105 cm³/mol. The van der Waals surface area contributed by atoms with Crippen LogP contribution in [0.3, 0.4) is 0 Å². The smallest absolute Gasteiger partial charge is 0.274 e. The highest BCUT2D eigenvalue weighted by molar-refractivity contribution is 14.0. The van der Waals surface area contributed by atoms with Gasteiger partial charge in [-0.3, -0.25) is 15.1 Å². The lowest BCUT2D eigenvalue weighted by molar-refractivity contribution is -0.385. The molecular formula is C15H19IN4O2S. The van der Waals surface area contributed by atoms with Crippen molar-refractivity contribution in [1.82, 2.24) is 10.6 Å². The molecule has 0 aliphatic carbocycles. The van der Waals surface area contributed by atoms with Crippen molar-refractivity contribution in [3.05, 3.63) is 61.8 Å². The van der Waals surface area contributed by atoms with E-state index >= 15 is 0 Å². The van der Waals surface area contributed by atoms with Gasteiger partial charge in [0, 0.05) is 30.1 Å². The lowest BCUT2D eigenvalue weighted by Crippen LogP contribution is -2.36. The van der Waals surface area contributed by atoms with E-state index in [1.165, 1.54) is 16.5 Å². The summed E-state index contributed by atoms with van der Waals surface area (Å²) in [5.74, 6) is 0.617. The number of nitrogens with zero attached hydrogens (tertiary/aromatic N) is 2. The molecule has 0 atom stereocenters. The number of benzene rings is 1. The fraction of sp³-hybridized carbons (Fsp3) is 0.267. The number of halogens is 1. The van der Waals surface area contributed by atoms with Gasteiger partial charge in [0.15, 0.2) is 5.96 Å². The third-order valence-corrected chi connectivity index (χ3v) is 4.27. The summed E-state index contributed by atoms with van der Waals surface area (Å²) in [4.78, 5) is 16.0. The van der Waals surface area contributed by atoms with Crippen LogP contribution in [0.1, 0.15) is 16.0 Å². The second-order valence-corrected chi connectivity index (χ2v) is 5.69. The molecule has 0 bridgehead atoms. The molecule has 1 aromatic carbocycles. The Balaban J connectivity index is 0.00000264. The van der Waals surface area contributed by atoms with Crippen LogP contribution in [-0.2, 0) is 13.1 Å². The quantitative estimate of drug-likeness (QED) is 0.243. The summed E-state index contributed by atoms with van der Waals surface area (Å²) in [5, 5.41) is 19.4. The number of aryl methyl sites for hydroxylation is 1. The summed E-state index contributed by atoms with van der Waals surface area (Å²) in [6.07, 6.45) is 0. The number of hydrogen-bond acceptors (Lipinski definition) is 4. The van der Waals surface area contributed by atoms with E-state index < -0.39 is 0 Å².